The molecular weight excluding hydrogens is 184 g/mol. The molecule has 1 amide bonds. The van der Waals surface area contributed by atoms with E-state index >= 15 is 0 Å². The average molecular weight is 191 g/mol. The fourth-order valence-corrected chi connectivity index (χ4v) is 0.823. The molecule has 0 fully saturated rings. The highest BCUT2D eigenvalue weighted by atomic mass is 19.3. The minimum Gasteiger partial charge on any atom is -0.465 e. The van der Waals surface area contributed by atoms with Crippen LogP contribution in [0.25, 0.3) is 0 Å². The zero-order valence-electron chi connectivity index (χ0n) is 6.66. The van der Waals surface area contributed by atoms with E-state index in [0.29, 0.717) is 0 Å². The maximum absolute atomic E-state index is 12.0. The Morgan fingerprint density at radius 1 is 1.77 bits per heavy atom. The fraction of sp³-hybridized carbons (Fsp3) is 0.333. The highest BCUT2D eigenvalue weighted by Crippen LogP contribution is 2.19. The number of halogens is 2. The van der Waals surface area contributed by atoms with Crippen LogP contribution in [-0.2, 0) is 7.05 Å². The fourth-order valence-electron chi connectivity index (χ4n) is 0.823. The van der Waals surface area contributed by atoms with Crippen LogP contribution in [0.5, 0.6) is 0 Å². The number of nitrogens with one attached hydrogen (secondary N) is 1. The number of anilines is 1. The Hall–Kier alpha value is -1.66. The number of carboxylic acid groups (broad SMARTS) is 1. The van der Waals surface area contributed by atoms with Gasteiger partial charge in [0.05, 0.1) is 0 Å². The van der Waals surface area contributed by atoms with Crippen molar-refractivity contribution in [3.63, 3.8) is 0 Å². The van der Waals surface area contributed by atoms with Gasteiger partial charge in [0.1, 0.15) is 11.5 Å². The van der Waals surface area contributed by atoms with Gasteiger partial charge in [0, 0.05) is 13.1 Å². The molecule has 1 heterocycles. The Kier molecular flexibility index (Phi) is 2.45. The first-order valence-electron chi connectivity index (χ1n) is 3.32. The van der Waals surface area contributed by atoms with Crippen LogP contribution >= 0.6 is 0 Å². The van der Waals surface area contributed by atoms with Crippen LogP contribution in [0.15, 0.2) is 6.07 Å². The molecule has 0 bridgehead atoms. The third-order valence-electron chi connectivity index (χ3n) is 1.36. The molecule has 0 aliphatic heterocycles. The first kappa shape index (κ1) is 9.43. The second-order valence-corrected chi connectivity index (χ2v) is 2.31. The van der Waals surface area contributed by atoms with E-state index in [0.717, 1.165) is 10.7 Å². The van der Waals surface area contributed by atoms with Crippen molar-refractivity contribution in [1.29, 1.82) is 0 Å². The molecule has 0 aromatic carbocycles. The van der Waals surface area contributed by atoms with Crippen LogP contribution in [-0.4, -0.2) is 21.0 Å². The van der Waals surface area contributed by atoms with Gasteiger partial charge < -0.3 is 5.11 Å². The lowest BCUT2D eigenvalue weighted by molar-refractivity contribution is 0.145. The Balaban J connectivity index is 2.89. The summed E-state index contributed by atoms with van der Waals surface area (Å²) in [5.74, 6) is 0.0165. The number of amides is 1. The predicted molar refractivity (Wildman–Crippen MR) is 39.8 cm³/mol. The maximum atomic E-state index is 12.0. The molecule has 1 rings (SSSR count). The van der Waals surface area contributed by atoms with Crippen molar-refractivity contribution in [2.75, 3.05) is 5.32 Å². The van der Waals surface area contributed by atoms with Gasteiger partial charge in [-0.3, -0.25) is 10.00 Å². The number of rotatable bonds is 2. The van der Waals surface area contributed by atoms with Crippen molar-refractivity contribution in [2.45, 2.75) is 6.43 Å². The van der Waals surface area contributed by atoms with E-state index < -0.39 is 18.2 Å². The van der Waals surface area contributed by atoms with Gasteiger partial charge >= 0.3 is 6.09 Å². The largest absolute Gasteiger partial charge is 0.465 e. The van der Waals surface area contributed by atoms with Gasteiger partial charge in [-0.1, -0.05) is 0 Å². The van der Waals surface area contributed by atoms with Crippen molar-refractivity contribution in [2.24, 2.45) is 7.05 Å². The van der Waals surface area contributed by atoms with Crippen LogP contribution in [0.1, 0.15) is 12.1 Å². The molecule has 0 spiro atoms. The molecule has 1 aromatic heterocycles. The highest BCUT2D eigenvalue weighted by Gasteiger charge is 2.14. The van der Waals surface area contributed by atoms with Crippen LogP contribution in [0, 0.1) is 0 Å². The van der Waals surface area contributed by atoms with Crippen molar-refractivity contribution < 1.29 is 18.7 Å². The number of aryl methyl sites for hydroxylation is 1. The van der Waals surface area contributed by atoms with E-state index in [1.807, 2.05) is 5.32 Å². The predicted octanol–water partition coefficient (Wildman–Crippen LogP) is 1.45. The normalized spacial score (nSPS) is 10.5. The molecule has 0 aliphatic rings. The van der Waals surface area contributed by atoms with Crippen LogP contribution in [0.4, 0.5) is 19.4 Å². The number of aromatic nitrogens is 2. The lowest BCUT2D eigenvalue weighted by Gasteiger charge is -1.97. The molecule has 0 radical (unpaired) electrons. The number of carbonyl (C=O) groups is 1. The van der Waals surface area contributed by atoms with Gasteiger partial charge in [-0.25, -0.2) is 13.6 Å². The Morgan fingerprint density at radius 3 is 2.77 bits per heavy atom. The smallest absolute Gasteiger partial charge is 0.410 e. The first-order valence-corrected chi connectivity index (χ1v) is 3.32. The molecule has 0 saturated heterocycles. The third-order valence-corrected chi connectivity index (χ3v) is 1.36. The number of hydrogen-bond acceptors (Lipinski definition) is 2. The molecule has 0 unspecified atom stereocenters. The summed E-state index contributed by atoms with van der Waals surface area (Å²) in [6.07, 6.45) is -4.01. The zero-order valence-corrected chi connectivity index (χ0v) is 6.66. The number of nitrogens with zero attached hydrogens (tertiary/aromatic N) is 2. The van der Waals surface area contributed by atoms with E-state index in [4.69, 9.17) is 5.11 Å². The summed E-state index contributed by atoms with van der Waals surface area (Å²) in [6, 6.07) is 0.985. The summed E-state index contributed by atoms with van der Waals surface area (Å²) >= 11 is 0. The molecule has 5 nitrogen and oxygen atoms in total. The second kappa shape index (κ2) is 3.38. The summed E-state index contributed by atoms with van der Waals surface area (Å²) in [6.45, 7) is 0. The SMILES string of the molecule is Cn1nc(C(F)F)cc1NC(=O)O. The summed E-state index contributed by atoms with van der Waals surface area (Å²) in [5, 5.41) is 13.6. The standard InChI is InChI=1S/C6H7F2N3O2/c1-11-4(9-6(12)13)2-3(10-11)5(7)8/h2,5,9H,1H3,(H,12,13). The highest BCUT2D eigenvalue weighted by molar-refractivity contribution is 5.81. The van der Waals surface area contributed by atoms with E-state index in [-0.39, 0.29) is 5.82 Å². The number of hydrogen-bond donors (Lipinski definition) is 2. The molecule has 0 atom stereocenters. The average Bonchev–Trinajstić information content (AvgIpc) is 2.31. The van der Waals surface area contributed by atoms with Gasteiger partial charge in [-0.2, -0.15) is 5.10 Å². The van der Waals surface area contributed by atoms with Crippen LogP contribution in [0.3, 0.4) is 0 Å². The molecule has 13 heavy (non-hydrogen) atoms. The third kappa shape index (κ3) is 2.14. The van der Waals surface area contributed by atoms with E-state index in [9.17, 15) is 13.6 Å². The minimum absolute atomic E-state index is 0.0165. The summed E-state index contributed by atoms with van der Waals surface area (Å²) in [5.41, 5.74) is -0.453. The lowest BCUT2D eigenvalue weighted by Crippen LogP contribution is -2.10. The van der Waals surface area contributed by atoms with Gasteiger partial charge in [0.2, 0.25) is 0 Å². The molecular formula is C6H7F2N3O2. The first-order chi connectivity index (χ1) is 6.00. The Labute approximate surface area is 72.0 Å². The van der Waals surface area contributed by atoms with E-state index in [1.54, 1.807) is 0 Å². The molecule has 1 aromatic rings. The monoisotopic (exact) mass is 191 g/mol. The van der Waals surface area contributed by atoms with Gasteiger partial charge in [-0.15, -0.1) is 0 Å². The van der Waals surface area contributed by atoms with E-state index in [2.05, 4.69) is 5.10 Å². The topological polar surface area (TPSA) is 67.2 Å². The molecule has 2 N–H and O–H groups in total. The van der Waals surface area contributed by atoms with Gasteiger partial charge in [-0.05, 0) is 0 Å². The van der Waals surface area contributed by atoms with Crippen molar-refractivity contribution in [1.82, 2.24) is 9.78 Å². The molecule has 0 aliphatic carbocycles. The zero-order chi connectivity index (χ0) is 10.0. The van der Waals surface area contributed by atoms with Crippen molar-refractivity contribution in [3.05, 3.63) is 11.8 Å². The second-order valence-electron chi connectivity index (χ2n) is 2.31. The number of alkyl halides is 2. The molecule has 0 saturated carbocycles. The minimum atomic E-state index is -2.70. The summed E-state index contributed by atoms with van der Waals surface area (Å²) in [7, 11) is 1.37. The van der Waals surface area contributed by atoms with Gasteiger partial charge in [0.15, 0.2) is 0 Å². The van der Waals surface area contributed by atoms with Crippen LogP contribution in [0.2, 0.25) is 0 Å². The quantitative estimate of drug-likeness (QED) is 0.743. The Bertz CT molecular complexity index is 324. The van der Waals surface area contributed by atoms with E-state index in [1.165, 1.54) is 7.05 Å². The summed E-state index contributed by atoms with van der Waals surface area (Å²) in [4.78, 5) is 10.2. The van der Waals surface area contributed by atoms with Crippen molar-refractivity contribution >= 4 is 11.9 Å². The Morgan fingerprint density at radius 2 is 2.38 bits per heavy atom. The van der Waals surface area contributed by atoms with Crippen LogP contribution < -0.4 is 5.32 Å². The maximum Gasteiger partial charge on any atom is 0.410 e. The lowest BCUT2D eigenvalue weighted by atomic mass is 10.4. The van der Waals surface area contributed by atoms with Gasteiger partial charge in [0.25, 0.3) is 6.43 Å². The molecule has 72 valence electrons. The van der Waals surface area contributed by atoms with Crippen molar-refractivity contribution in [3.8, 4) is 0 Å². The molecule has 7 heteroatoms. The summed E-state index contributed by atoms with van der Waals surface area (Å²) < 4.78 is 25.1.